The maximum Gasteiger partial charge on any atom is 0.0587 e. The van der Waals surface area contributed by atoms with Gasteiger partial charge in [0, 0.05) is 6.61 Å². The molecular formula is C18H30O. The van der Waals surface area contributed by atoms with Crippen molar-refractivity contribution < 1.29 is 4.74 Å². The zero-order chi connectivity index (χ0) is 14.1. The van der Waals surface area contributed by atoms with Crippen LogP contribution >= 0.6 is 0 Å². The summed E-state index contributed by atoms with van der Waals surface area (Å²) in [5.74, 6) is 0.844. The standard InChI is InChI=1S/C18H30O/c1-5-7-17(6-2)12-13-19-16(4)14-18-10-8-15(3)9-11-18/h8-11,16-17H,5-7,12-14H2,1-4H3. The minimum atomic E-state index is 0.321. The Balaban J connectivity index is 2.23. The summed E-state index contributed by atoms with van der Waals surface area (Å²) in [6, 6.07) is 8.77. The van der Waals surface area contributed by atoms with Crippen LogP contribution in [0.5, 0.6) is 0 Å². The van der Waals surface area contributed by atoms with Gasteiger partial charge < -0.3 is 4.74 Å². The van der Waals surface area contributed by atoms with E-state index in [0.717, 1.165) is 18.9 Å². The molecule has 108 valence electrons. The smallest absolute Gasteiger partial charge is 0.0587 e. The number of aryl methyl sites for hydroxylation is 1. The molecule has 19 heavy (non-hydrogen) atoms. The van der Waals surface area contributed by atoms with Crippen LogP contribution in [0.2, 0.25) is 0 Å². The van der Waals surface area contributed by atoms with Crippen LogP contribution in [0.25, 0.3) is 0 Å². The lowest BCUT2D eigenvalue weighted by Gasteiger charge is -2.17. The molecule has 0 N–H and O–H groups in total. The average molecular weight is 262 g/mol. The Morgan fingerprint density at radius 1 is 1.05 bits per heavy atom. The minimum Gasteiger partial charge on any atom is -0.378 e. The van der Waals surface area contributed by atoms with E-state index in [-0.39, 0.29) is 0 Å². The summed E-state index contributed by atoms with van der Waals surface area (Å²) in [6.07, 6.45) is 6.46. The minimum absolute atomic E-state index is 0.321. The molecule has 0 heterocycles. The molecule has 2 atom stereocenters. The number of benzene rings is 1. The predicted octanol–water partition coefficient (Wildman–Crippen LogP) is 5.16. The second-order valence-electron chi connectivity index (χ2n) is 5.72. The van der Waals surface area contributed by atoms with Gasteiger partial charge in [-0.1, -0.05) is 62.9 Å². The second-order valence-corrected chi connectivity index (χ2v) is 5.72. The van der Waals surface area contributed by atoms with Crippen LogP contribution in [0.4, 0.5) is 0 Å². The molecule has 0 aliphatic rings. The van der Waals surface area contributed by atoms with Crippen molar-refractivity contribution in [2.24, 2.45) is 5.92 Å². The summed E-state index contributed by atoms with van der Waals surface area (Å²) in [5.41, 5.74) is 2.70. The molecule has 1 heteroatoms. The second kappa shape index (κ2) is 9.14. The van der Waals surface area contributed by atoms with E-state index in [1.54, 1.807) is 0 Å². The first-order valence-electron chi connectivity index (χ1n) is 7.82. The van der Waals surface area contributed by atoms with E-state index in [9.17, 15) is 0 Å². The largest absolute Gasteiger partial charge is 0.378 e. The van der Waals surface area contributed by atoms with Gasteiger partial charge in [0.25, 0.3) is 0 Å². The van der Waals surface area contributed by atoms with Crippen molar-refractivity contribution in [3.05, 3.63) is 35.4 Å². The van der Waals surface area contributed by atoms with Crippen LogP contribution in [-0.2, 0) is 11.2 Å². The van der Waals surface area contributed by atoms with Crippen LogP contribution in [0.15, 0.2) is 24.3 Å². The molecule has 0 amide bonds. The van der Waals surface area contributed by atoms with Crippen molar-refractivity contribution in [3.8, 4) is 0 Å². The molecule has 1 aromatic rings. The van der Waals surface area contributed by atoms with Crippen molar-refractivity contribution in [2.45, 2.75) is 65.9 Å². The first-order chi connectivity index (χ1) is 9.15. The van der Waals surface area contributed by atoms with Gasteiger partial charge in [0.05, 0.1) is 6.10 Å². The maximum absolute atomic E-state index is 5.95. The van der Waals surface area contributed by atoms with Gasteiger partial charge >= 0.3 is 0 Å². The van der Waals surface area contributed by atoms with Crippen LogP contribution in [0.3, 0.4) is 0 Å². The first kappa shape index (κ1) is 16.2. The lowest BCUT2D eigenvalue weighted by atomic mass is 9.97. The first-order valence-corrected chi connectivity index (χ1v) is 7.82. The van der Waals surface area contributed by atoms with Crippen LogP contribution in [0, 0.1) is 12.8 Å². The molecule has 1 nitrogen and oxygen atoms in total. The molecule has 0 aliphatic heterocycles. The van der Waals surface area contributed by atoms with Gasteiger partial charge in [-0.15, -0.1) is 0 Å². The Bertz CT molecular complexity index is 328. The van der Waals surface area contributed by atoms with Gasteiger partial charge in [-0.25, -0.2) is 0 Å². The lowest BCUT2D eigenvalue weighted by molar-refractivity contribution is 0.0557. The van der Waals surface area contributed by atoms with Gasteiger partial charge in [-0.3, -0.25) is 0 Å². The molecule has 1 rings (SSSR count). The maximum atomic E-state index is 5.95. The van der Waals surface area contributed by atoms with Gasteiger partial charge in [0.1, 0.15) is 0 Å². The Morgan fingerprint density at radius 2 is 1.74 bits per heavy atom. The zero-order valence-corrected chi connectivity index (χ0v) is 13.1. The molecule has 2 unspecified atom stereocenters. The summed E-state index contributed by atoms with van der Waals surface area (Å²) in [6.45, 7) is 9.77. The molecule has 0 saturated carbocycles. The summed E-state index contributed by atoms with van der Waals surface area (Å²) in [7, 11) is 0. The molecule has 1 aromatic carbocycles. The summed E-state index contributed by atoms with van der Waals surface area (Å²) >= 11 is 0. The number of rotatable bonds is 9. The molecule has 0 radical (unpaired) electrons. The van der Waals surface area contributed by atoms with Crippen molar-refractivity contribution in [1.82, 2.24) is 0 Å². The average Bonchev–Trinajstić information content (AvgIpc) is 2.40. The van der Waals surface area contributed by atoms with Crippen molar-refractivity contribution >= 4 is 0 Å². The summed E-state index contributed by atoms with van der Waals surface area (Å²) in [4.78, 5) is 0. The van der Waals surface area contributed by atoms with E-state index in [4.69, 9.17) is 4.74 Å². The Morgan fingerprint density at radius 3 is 2.32 bits per heavy atom. The van der Waals surface area contributed by atoms with Gasteiger partial charge in [0.15, 0.2) is 0 Å². The SMILES string of the molecule is CCCC(CC)CCOC(C)Cc1ccc(C)cc1. The van der Waals surface area contributed by atoms with Crippen LogP contribution in [0.1, 0.15) is 57.6 Å². The number of hydrogen-bond donors (Lipinski definition) is 0. The predicted molar refractivity (Wildman–Crippen MR) is 83.6 cm³/mol. The van der Waals surface area contributed by atoms with E-state index in [0.29, 0.717) is 6.10 Å². The zero-order valence-electron chi connectivity index (χ0n) is 13.1. The van der Waals surface area contributed by atoms with Crippen LogP contribution < -0.4 is 0 Å². The number of ether oxygens (including phenoxy) is 1. The van der Waals surface area contributed by atoms with E-state index >= 15 is 0 Å². The lowest BCUT2D eigenvalue weighted by Crippen LogP contribution is -2.14. The molecule has 0 saturated heterocycles. The fraction of sp³-hybridized carbons (Fsp3) is 0.667. The van der Waals surface area contributed by atoms with Crippen LogP contribution in [-0.4, -0.2) is 12.7 Å². The topological polar surface area (TPSA) is 9.23 Å². The highest BCUT2D eigenvalue weighted by Crippen LogP contribution is 2.16. The molecule has 0 fully saturated rings. The summed E-state index contributed by atoms with van der Waals surface area (Å²) in [5, 5.41) is 0. The normalized spacial score (nSPS) is 14.3. The fourth-order valence-electron chi connectivity index (χ4n) is 2.51. The summed E-state index contributed by atoms with van der Waals surface area (Å²) < 4.78 is 5.95. The molecule has 0 spiro atoms. The van der Waals surface area contributed by atoms with E-state index in [1.165, 1.54) is 36.8 Å². The van der Waals surface area contributed by atoms with Gasteiger partial charge in [0.2, 0.25) is 0 Å². The molecule has 0 bridgehead atoms. The highest BCUT2D eigenvalue weighted by atomic mass is 16.5. The van der Waals surface area contributed by atoms with E-state index in [2.05, 4.69) is 52.0 Å². The third-order valence-electron chi connectivity index (χ3n) is 3.85. The van der Waals surface area contributed by atoms with E-state index < -0.39 is 0 Å². The van der Waals surface area contributed by atoms with Crippen molar-refractivity contribution in [2.75, 3.05) is 6.61 Å². The molecule has 0 aromatic heterocycles. The van der Waals surface area contributed by atoms with Crippen molar-refractivity contribution in [3.63, 3.8) is 0 Å². The van der Waals surface area contributed by atoms with Gasteiger partial charge in [-0.05, 0) is 38.2 Å². The van der Waals surface area contributed by atoms with Gasteiger partial charge in [-0.2, -0.15) is 0 Å². The fourth-order valence-corrected chi connectivity index (χ4v) is 2.51. The third-order valence-corrected chi connectivity index (χ3v) is 3.85. The Hall–Kier alpha value is -0.820. The quantitative estimate of drug-likeness (QED) is 0.597. The molecular weight excluding hydrogens is 232 g/mol. The Kier molecular flexibility index (Phi) is 7.81. The van der Waals surface area contributed by atoms with Crippen molar-refractivity contribution in [1.29, 1.82) is 0 Å². The highest BCUT2D eigenvalue weighted by molar-refractivity contribution is 5.21. The monoisotopic (exact) mass is 262 g/mol. The van der Waals surface area contributed by atoms with E-state index in [1.807, 2.05) is 0 Å². The third kappa shape index (κ3) is 6.77. The number of hydrogen-bond acceptors (Lipinski definition) is 1. The Labute approximate surface area is 119 Å². The highest BCUT2D eigenvalue weighted by Gasteiger charge is 2.08. The molecule has 0 aliphatic carbocycles.